The normalized spacial score (nSPS) is 14.4. The van der Waals surface area contributed by atoms with Crippen LogP contribution in [0.4, 0.5) is 0 Å². The van der Waals surface area contributed by atoms with E-state index in [9.17, 15) is 4.79 Å². The molecule has 1 aliphatic heterocycles. The Morgan fingerprint density at radius 1 is 1.21 bits per heavy atom. The van der Waals surface area contributed by atoms with E-state index in [1.807, 2.05) is 41.1 Å². The molecule has 1 aliphatic rings. The van der Waals surface area contributed by atoms with Crippen LogP contribution in [0.1, 0.15) is 11.1 Å². The van der Waals surface area contributed by atoms with Gasteiger partial charge in [0.15, 0.2) is 0 Å². The highest BCUT2D eigenvalue weighted by Gasteiger charge is 2.20. The fraction of sp³-hybridized carbons (Fsp3) is 0.190. The molecule has 3 aromatic heterocycles. The molecule has 0 saturated heterocycles. The molecule has 0 radical (unpaired) electrons. The van der Waals surface area contributed by atoms with E-state index in [1.54, 1.807) is 12.4 Å². The van der Waals surface area contributed by atoms with Crippen molar-refractivity contribution in [3.63, 3.8) is 0 Å². The number of hydrogen-bond acceptors (Lipinski definition) is 5. The number of benzene rings is 1. The molecule has 5 rings (SSSR count). The Morgan fingerprint density at radius 2 is 2.14 bits per heavy atom. The summed E-state index contributed by atoms with van der Waals surface area (Å²) in [6.45, 7) is 2.60. The molecule has 0 bridgehead atoms. The minimum absolute atomic E-state index is 0.346. The van der Waals surface area contributed by atoms with E-state index in [0.717, 1.165) is 40.3 Å². The van der Waals surface area contributed by atoms with Gasteiger partial charge in [0.05, 0.1) is 16.7 Å². The Bertz CT molecular complexity index is 1230. The molecular formula is C21H18ClN5O2. The summed E-state index contributed by atoms with van der Waals surface area (Å²) in [5.41, 5.74) is 3.57. The molecule has 146 valence electrons. The highest BCUT2D eigenvalue weighted by Crippen LogP contribution is 2.36. The number of rotatable bonds is 3. The van der Waals surface area contributed by atoms with Gasteiger partial charge in [0.1, 0.15) is 18.2 Å². The molecule has 1 aromatic carbocycles. The maximum atomic E-state index is 11.2. The van der Waals surface area contributed by atoms with Crippen LogP contribution < -0.4 is 10.4 Å². The lowest BCUT2D eigenvalue weighted by molar-refractivity contribution is 0.219. The summed E-state index contributed by atoms with van der Waals surface area (Å²) >= 11 is 6.58. The molecule has 4 aromatic rings. The number of fused-ring (bicyclic) bond motifs is 2. The Morgan fingerprint density at radius 3 is 3.00 bits per heavy atom. The lowest BCUT2D eigenvalue weighted by Crippen LogP contribution is -2.26. The fourth-order valence-electron chi connectivity index (χ4n) is 3.66. The SMILES string of the molecule is O=c1ncc(CN2CCOc3c(Cl)cc(-c4ncc5ccccn45)cc3C2)c[nH]1. The summed E-state index contributed by atoms with van der Waals surface area (Å²) < 4.78 is 7.99. The van der Waals surface area contributed by atoms with Crippen molar-refractivity contribution < 1.29 is 4.74 Å². The molecule has 0 aliphatic carbocycles. The van der Waals surface area contributed by atoms with E-state index in [1.165, 1.54) is 0 Å². The van der Waals surface area contributed by atoms with Crippen LogP contribution >= 0.6 is 11.6 Å². The van der Waals surface area contributed by atoms with E-state index >= 15 is 0 Å². The number of nitrogens with one attached hydrogen (secondary N) is 1. The van der Waals surface area contributed by atoms with Crippen LogP contribution in [0.2, 0.25) is 5.02 Å². The molecule has 7 nitrogen and oxygen atoms in total. The number of aromatic nitrogens is 4. The number of aromatic amines is 1. The average molecular weight is 408 g/mol. The quantitative estimate of drug-likeness (QED) is 0.564. The third-order valence-corrected chi connectivity index (χ3v) is 5.28. The zero-order valence-corrected chi connectivity index (χ0v) is 16.3. The highest BCUT2D eigenvalue weighted by molar-refractivity contribution is 6.32. The molecule has 8 heteroatoms. The van der Waals surface area contributed by atoms with E-state index in [0.29, 0.717) is 24.7 Å². The van der Waals surface area contributed by atoms with Crippen LogP contribution in [0, 0.1) is 0 Å². The van der Waals surface area contributed by atoms with Crippen LogP contribution in [0.15, 0.2) is 59.9 Å². The second kappa shape index (κ2) is 7.35. The zero-order valence-electron chi connectivity index (χ0n) is 15.5. The van der Waals surface area contributed by atoms with E-state index in [-0.39, 0.29) is 5.69 Å². The minimum Gasteiger partial charge on any atom is -0.490 e. The smallest absolute Gasteiger partial charge is 0.344 e. The van der Waals surface area contributed by atoms with Gasteiger partial charge in [-0.2, -0.15) is 0 Å². The average Bonchev–Trinajstić information content (AvgIpc) is 3.04. The number of imidazole rings is 1. The molecule has 0 amide bonds. The van der Waals surface area contributed by atoms with Crippen molar-refractivity contribution in [1.82, 2.24) is 24.3 Å². The molecule has 0 fully saturated rings. The molecule has 1 N–H and O–H groups in total. The van der Waals surface area contributed by atoms with E-state index < -0.39 is 0 Å². The van der Waals surface area contributed by atoms with Gasteiger partial charge in [-0.1, -0.05) is 17.7 Å². The second-order valence-corrected chi connectivity index (χ2v) is 7.42. The molecule has 0 atom stereocenters. The summed E-state index contributed by atoms with van der Waals surface area (Å²) in [5, 5.41) is 0.581. The van der Waals surface area contributed by atoms with Crippen molar-refractivity contribution in [2.45, 2.75) is 13.1 Å². The van der Waals surface area contributed by atoms with Gasteiger partial charge in [-0.25, -0.2) is 14.8 Å². The summed E-state index contributed by atoms with van der Waals surface area (Å²) in [4.78, 5) is 24.4. The second-order valence-electron chi connectivity index (χ2n) is 7.01. The fourth-order valence-corrected chi connectivity index (χ4v) is 3.96. The van der Waals surface area contributed by atoms with Crippen LogP contribution in [-0.4, -0.2) is 37.4 Å². The van der Waals surface area contributed by atoms with E-state index in [2.05, 4.69) is 25.9 Å². The molecule has 0 unspecified atom stereocenters. The maximum absolute atomic E-state index is 11.2. The predicted octanol–water partition coefficient (Wildman–Crippen LogP) is 3.13. The van der Waals surface area contributed by atoms with Gasteiger partial charge in [0.25, 0.3) is 0 Å². The number of pyridine rings is 1. The summed E-state index contributed by atoms with van der Waals surface area (Å²) in [6, 6.07) is 9.98. The molecular weight excluding hydrogens is 390 g/mol. The van der Waals surface area contributed by atoms with Crippen molar-refractivity contribution in [2.24, 2.45) is 0 Å². The predicted molar refractivity (Wildman–Crippen MR) is 110 cm³/mol. The van der Waals surface area contributed by atoms with Crippen LogP contribution in [0.5, 0.6) is 5.75 Å². The van der Waals surface area contributed by atoms with Gasteiger partial charge in [-0.3, -0.25) is 9.30 Å². The third kappa shape index (κ3) is 3.50. The van der Waals surface area contributed by atoms with Crippen molar-refractivity contribution in [2.75, 3.05) is 13.2 Å². The maximum Gasteiger partial charge on any atom is 0.344 e. The largest absolute Gasteiger partial charge is 0.490 e. The first-order chi connectivity index (χ1) is 14.2. The summed E-state index contributed by atoms with van der Waals surface area (Å²) in [7, 11) is 0. The monoisotopic (exact) mass is 407 g/mol. The first-order valence-corrected chi connectivity index (χ1v) is 9.69. The van der Waals surface area contributed by atoms with Gasteiger partial charge in [0.2, 0.25) is 0 Å². The molecule has 4 heterocycles. The summed E-state index contributed by atoms with van der Waals surface area (Å²) in [5.74, 6) is 1.56. The van der Waals surface area contributed by atoms with Crippen molar-refractivity contribution >= 4 is 17.1 Å². The lowest BCUT2D eigenvalue weighted by atomic mass is 10.1. The third-order valence-electron chi connectivity index (χ3n) is 5.00. The van der Waals surface area contributed by atoms with Crippen molar-refractivity contribution in [3.8, 4) is 17.1 Å². The molecule has 0 saturated carbocycles. The van der Waals surface area contributed by atoms with Gasteiger partial charge >= 0.3 is 5.69 Å². The van der Waals surface area contributed by atoms with E-state index in [4.69, 9.17) is 16.3 Å². The van der Waals surface area contributed by atoms with Crippen molar-refractivity contribution in [1.29, 1.82) is 0 Å². The topological polar surface area (TPSA) is 75.5 Å². The number of hydrogen-bond donors (Lipinski definition) is 1. The standard InChI is InChI=1S/C21H18ClN5O2/c22-18-8-15(20-23-11-17-3-1-2-4-27(17)20)7-16-13-26(5-6-29-19(16)18)12-14-9-24-21(28)25-10-14/h1-4,7-11H,5-6,12-13H2,(H,24,25,28). The van der Waals surface area contributed by atoms with Gasteiger partial charge < -0.3 is 9.72 Å². The van der Waals surface area contributed by atoms with Crippen molar-refractivity contribution in [3.05, 3.63) is 81.8 Å². The van der Waals surface area contributed by atoms with Gasteiger partial charge in [-0.05, 0) is 24.3 Å². The number of nitrogens with zero attached hydrogens (tertiary/aromatic N) is 4. The van der Waals surface area contributed by atoms with Crippen LogP contribution in [-0.2, 0) is 13.1 Å². The van der Waals surface area contributed by atoms with Crippen LogP contribution in [0.25, 0.3) is 16.9 Å². The zero-order chi connectivity index (χ0) is 19.8. The Balaban J connectivity index is 1.50. The first kappa shape index (κ1) is 17.9. The number of H-pyrrole nitrogens is 1. The number of halogens is 1. The minimum atomic E-state index is -0.346. The highest BCUT2D eigenvalue weighted by atomic mass is 35.5. The summed E-state index contributed by atoms with van der Waals surface area (Å²) in [6.07, 6.45) is 7.14. The number of ether oxygens (including phenoxy) is 1. The Labute approximate surface area is 171 Å². The molecule has 0 spiro atoms. The first-order valence-electron chi connectivity index (χ1n) is 9.31. The molecule has 29 heavy (non-hydrogen) atoms. The van der Waals surface area contributed by atoms with Gasteiger partial charge in [0, 0.05) is 54.9 Å². The lowest BCUT2D eigenvalue weighted by Gasteiger charge is -2.19. The van der Waals surface area contributed by atoms with Gasteiger partial charge in [-0.15, -0.1) is 0 Å². The Hall–Kier alpha value is -3.16. The van der Waals surface area contributed by atoms with Crippen LogP contribution in [0.3, 0.4) is 0 Å². The Kier molecular flexibility index (Phi) is 4.54.